The summed E-state index contributed by atoms with van der Waals surface area (Å²) in [5.41, 5.74) is 0. The Hall–Kier alpha value is -1.29. The molecule has 1 aromatic rings. The third kappa shape index (κ3) is 2.35. The lowest BCUT2D eigenvalue weighted by Gasteiger charge is -2.27. The molecule has 0 spiro atoms. The Labute approximate surface area is 83.8 Å². The maximum absolute atomic E-state index is 5.16. The Morgan fingerprint density at radius 1 is 1.50 bits per heavy atom. The van der Waals surface area contributed by atoms with Crippen LogP contribution in [0.4, 0.5) is 0 Å². The van der Waals surface area contributed by atoms with Crippen molar-refractivity contribution in [1.82, 2.24) is 5.01 Å². The minimum absolute atomic E-state index is 0.816. The topological polar surface area (TPSA) is 33.2 Å². The van der Waals surface area contributed by atoms with Crippen LogP contribution in [0.3, 0.4) is 0 Å². The SMILES string of the molecule is C[NH+]1CCN(/N=C\c2ccco2)CC1. The van der Waals surface area contributed by atoms with Gasteiger partial charge in [-0.05, 0) is 12.1 Å². The Bertz CT molecular complexity index is 286. The maximum atomic E-state index is 5.16. The second-order valence-corrected chi connectivity index (χ2v) is 3.67. The minimum Gasteiger partial charge on any atom is -0.463 e. The van der Waals surface area contributed by atoms with Gasteiger partial charge in [0, 0.05) is 0 Å². The van der Waals surface area contributed by atoms with Crippen LogP contribution in [0.1, 0.15) is 5.76 Å². The third-order valence-corrected chi connectivity index (χ3v) is 2.48. The van der Waals surface area contributed by atoms with Crippen molar-refractivity contribution in [1.29, 1.82) is 0 Å². The fourth-order valence-electron chi connectivity index (χ4n) is 1.50. The third-order valence-electron chi connectivity index (χ3n) is 2.48. The Morgan fingerprint density at radius 3 is 2.93 bits per heavy atom. The van der Waals surface area contributed by atoms with Crippen molar-refractivity contribution in [3.63, 3.8) is 0 Å². The van der Waals surface area contributed by atoms with E-state index in [0.29, 0.717) is 0 Å². The van der Waals surface area contributed by atoms with Gasteiger partial charge in [0.05, 0.1) is 45.7 Å². The number of piperazine rings is 1. The molecular weight excluding hydrogens is 178 g/mol. The minimum atomic E-state index is 0.816. The van der Waals surface area contributed by atoms with Crippen molar-refractivity contribution in [3.05, 3.63) is 24.2 Å². The van der Waals surface area contributed by atoms with Crippen LogP contribution in [0.25, 0.3) is 0 Å². The number of quaternary nitrogens is 1. The highest BCUT2D eigenvalue weighted by atomic mass is 16.3. The van der Waals surface area contributed by atoms with Crippen LogP contribution in [0.2, 0.25) is 0 Å². The lowest BCUT2D eigenvalue weighted by atomic mass is 10.4. The van der Waals surface area contributed by atoms with Gasteiger partial charge in [0.15, 0.2) is 0 Å². The van der Waals surface area contributed by atoms with Crippen LogP contribution in [-0.4, -0.2) is 44.5 Å². The molecule has 0 atom stereocenters. The van der Waals surface area contributed by atoms with E-state index in [1.807, 2.05) is 12.1 Å². The standard InChI is InChI=1S/C10H15N3O/c1-12-4-6-13(7-5-12)11-9-10-3-2-8-14-10/h2-3,8-9H,4-7H2,1H3/p+1/b11-9-. The Balaban J connectivity index is 1.86. The van der Waals surface area contributed by atoms with E-state index < -0.39 is 0 Å². The normalized spacial score (nSPS) is 19.4. The summed E-state index contributed by atoms with van der Waals surface area (Å²) in [7, 11) is 2.22. The second-order valence-electron chi connectivity index (χ2n) is 3.67. The lowest BCUT2D eigenvalue weighted by molar-refractivity contribution is -0.884. The van der Waals surface area contributed by atoms with E-state index in [0.717, 1.165) is 31.9 Å². The van der Waals surface area contributed by atoms with E-state index >= 15 is 0 Å². The molecule has 1 saturated heterocycles. The summed E-state index contributed by atoms with van der Waals surface area (Å²) in [6, 6.07) is 3.78. The molecule has 1 aromatic heterocycles. The number of hydrogen-bond donors (Lipinski definition) is 1. The summed E-state index contributed by atoms with van der Waals surface area (Å²) in [6.07, 6.45) is 3.44. The van der Waals surface area contributed by atoms with Gasteiger partial charge in [0.1, 0.15) is 5.76 Å². The molecule has 1 N–H and O–H groups in total. The van der Waals surface area contributed by atoms with Gasteiger partial charge in [-0.25, -0.2) is 0 Å². The molecular formula is C10H16N3O+. The first-order chi connectivity index (χ1) is 6.84. The zero-order valence-corrected chi connectivity index (χ0v) is 8.44. The molecule has 4 heteroatoms. The van der Waals surface area contributed by atoms with Crippen molar-refractivity contribution < 1.29 is 9.32 Å². The van der Waals surface area contributed by atoms with Gasteiger partial charge in [-0.15, -0.1) is 0 Å². The quantitative estimate of drug-likeness (QED) is 0.640. The van der Waals surface area contributed by atoms with Gasteiger partial charge in [0.25, 0.3) is 0 Å². The van der Waals surface area contributed by atoms with E-state index in [-0.39, 0.29) is 0 Å². The summed E-state index contributed by atoms with van der Waals surface area (Å²) >= 11 is 0. The number of rotatable bonds is 2. The first kappa shape index (κ1) is 9.27. The van der Waals surface area contributed by atoms with Gasteiger partial charge in [-0.2, -0.15) is 5.10 Å². The van der Waals surface area contributed by atoms with E-state index in [1.165, 1.54) is 0 Å². The molecule has 2 heterocycles. The van der Waals surface area contributed by atoms with Gasteiger partial charge < -0.3 is 9.32 Å². The summed E-state index contributed by atoms with van der Waals surface area (Å²) in [5, 5.41) is 6.45. The van der Waals surface area contributed by atoms with Crippen LogP contribution in [-0.2, 0) is 0 Å². The summed E-state index contributed by atoms with van der Waals surface area (Å²) in [5.74, 6) is 0.816. The molecule has 0 bridgehead atoms. The van der Waals surface area contributed by atoms with E-state index in [2.05, 4.69) is 17.2 Å². The van der Waals surface area contributed by atoms with Crippen LogP contribution < -0.4 is 4.90 Å². The predicted molar refractivity (Wildman–Crippen MR) is 54.5 cm³/mol. The highest BCUT2D eigenvalue weighted by Crippen LogP contribution is 1.97. The molecule has 0 aliphatic carbocycles. The van der Waals surface area contributed by atoms with Crippen LogP contribution in [0.15, 0.2) is 27.9 Å². The van der Waals surface area contributed by atoms with Gasteiger partial charge in [-0.1, -0.05) is 0 Å². The Morgan fingerprint density at radius 2 is 2.29 bits per heavy atom. The predicted octanol–water partition coefficient (Wildman–Crippen LogP) is -0.556. The first-order valence-corrected chi connectivity index (χ1v) is 4.98. The smallest absolute Gasteiger partial charge is 0.146 e. The molecule has 0 unspecified atom stereocenters. The van der Waals surface area contributed by atoms with E-state index in [4.69, 9.17) is 4.42 Å². The zero-order valence-electron chi connectivity index (χ0n) is 8.44. The average molecular weight is 194 g/mol. The molecule has 4 nitrogen and oxygen atoms in total. The molecule has 1 aliphatic rings. The molecule has 2 rings (SSSR count). The summed E-state index contributed by atoms with van der Waals surface area (Å²) in [4.78, 5) is 1.58. The van der Waals surface area contributed by atoms with Gasteiger partial charge >= 0.3 is 0 Å². The number of hydrogen-bond acceptors (Lipinski definition) is 3. The first-order valence-electron chi connectivity index (χ1n) is 4.98. The van der Waals surface area contributed by atoms with Crippen molar-refractivity contribution in [2.75, 3.05) is 33.2 Å². The number of furan rings is 1. The zero-order chi connectivity index (χ0) is 9.80. The van der Waals surface area contributed by atoms with E-state index in [9.17, 15) is 0 Å². The molecule has 0 saturated carbocycles. The van der Waals surface area contributed by atoms with Crippen LogP contribution in [0.5, 0.6) is 0 Å². The van der Waals surface area contributed by atoms with E-state index in [1.54, 1.807) is 17.4 Å². The lowest BCUT2D eigenvalue weighted by Crippen LogP contribution is -3.11. The fourth-order valence-corrected chi connectivity index (χ4v) is 1.50. The average Bonchev–Trinajstić information content (AvgIpc) is 2.70. The fraction of sp³-hybridized carbons (Fsp3) is 0.500. The highest BCUT2D eigenvalue weighted by Gasteiger charge is 2.13. The van der Waals surface area contributed by atoms with Crippen molar-refractivity contribution >= 4 is 6.21 Å². The molecule has 0 aromatic carbocycles. The summed E-state index contributed by atoms with van der Waals surface area (Å²) < 4.78 is 5.16. The largest absolute Gasteiger partial charge is 0.463 e. The monoisotopic (exact) mass is 194 g/mol. The van der Waals surface area contributed by atoms with Crippen LogP contribution in [0, 0.1) is 0 Å². The summed E-state index contributed by atoms with van der Waals surface area (Å²) in [6.45, 7) is 4.39. The number of hydrazone groups is 1. The van der Waals surface area contributed by atoms with Crippen molar-refractivity contribution in [2.45, 2.75) is 0 Å². The van der Waals surface area contributed by atoms with Crippen LogP contribution >= 0.6 is 0 Å². The Kier molecular flexibility index (Phi) is 2.84. The van der Waals surface area contributed by atoms with Crippen molar-refractivity contribution in [3.8, 4) is 0 Å². The second kappa shape index (κ2) is 4.28. The maximum Gasteiger partial charge on any atom is 0.146 e. The molecule has 1 fully saturated rings. The molecule has 0 amide bonds. The molecule has 14 heavy (non-hydrogen) atoms. The number of nitrogens with zero attached hydrogens (tertiary/aromatic N) is 2. The molecule has 0 radical (unpaired) electrons. The number of likely N-dealkylation sites (N-methyl/N-ethyl adjacent to an activating group) is 1. The van der Waals surface area contributed by atoms with Crippen molar-refractivity contribution in [2.24, 2.45) is 5.10 Å². The van der Waals surface area contributed by atoms with Gasteiger partial charge in [-0.3, -0.25) is 5.01 Å². The van der Waals surface area contributed by atoms with Gasteiger partial charge in [0.2, 0.25) is 0 Å². The highest BCUT2D eigenvalue weighted by molar-refractivity contribution is 5.75. The molecule has 1 aliphatic heterocycles. The number of nitrogens with one attached hydrogen (secondary N) is 1. The molecule has 76 valence electrons.